The number of rotatable bonds is 7. The number of benzene rings is 1. The van der Waals surface area contributed by atoms with Gasteiger partial charge in [0.1, 0.15) is 9.96 Å². The van der Waals surface area contributed by atoms with E-state index in [1.807, 2.05) is 6.92 Å². The van der Waals surface area contributed by atoms with Gasteiger partial charge in [0.15, 0.2) is 11.7 Å². The average Bonchev–Trinajstić information content (AvgIpc) is 3.14. The highest BCUT2D eigenvalue weighted by Gasteiger charge is 2.29. The number of ether oxygens (including phenoxy) is 1. The van der Waals surface area contributed by atoms with Gasteiger partial charge in [0.05, 0.1) is 23.4 Å². The lowest BCUT2D eigenvalue weighted by atomic mass is 10.3. The third kappa shape index (κ3) is 3.47. The number of nitrogens with one attached hydrogen (secondary N) is 1. The van der Waals surface area contributed by atoms with Crippen LogP contribution in [0.4, 0.5) is 5.69 Å². The summed E-state index contributed by atoms with van der Waals surface area (Å²) in [5.74, 6) is 2.26. The lowest BCUT2D eigenvalue weighted by Crippen LogP contribution is -2.12. The van der Waals surface area contributed by atoms with Crippen molar-refractivity contribution in [3.63, 3.8) is 0 Å². The Labute approximate surface area is 155 Å². The first-order chi connectivity index (χ1) is 12.6. The van der Waals surface area contributed by atoms with Gasteiger partial charge >= 0.3 is 0 Å². The molecule has 0 atom stereocenters. The number of para-hydroxylation sites is 2. The summed E-state index contributed by atoms with van der Waals surface area (Å²) in [6, 6.07) is 10.3. The maximum Gasteiger partial charge on any atom is 0.271 e. The number of sulfonamides is 1. The summed E-state index contributed by atoms with van der Waals surface area (Å²) in [7, 11) is -3.71. The molecule has 3 aromatic rings. The van der Waals surface area contributed by atoms with E-state index >= 15 is 0 Å². The number of hydrogen-bond donors (Lipinski definition) is 1. The van der Waals surface area contributed by atoms with E-state index in [0.717, 1.165) is 34.9 Å². The van der Waals surface area contributed by atoms with Gasteiger partial charge < -0.3 is 9.15 Å². The van der Waals surface area contributed by atoms with E-state index < -0.39 is 10.0 Å². The van der Waals surface area contributed by atoms with Gasteiger partial charge in [-0.25, -0.2) is 13.4 Å². The van der Waals surface area contributed by atoms with E-state index in [0.29, 0.717) is 29.7 Å². The fourth-order valence-corrected chi connectivity index (χ4v) is 4.87. The minimum Gasteiger partial charge on any atom is -0.492 e. The van der Waals surface area contributed by atoms with Gasteiger partial charge in [0, 0.05) is 5.92 Å². The summed E-state index contributed by atoms with van der Waals surface area (Å²) in [5.41, 5.74) is 0.417. The first-order valence-corrected chi connectivity index (χ1v) is 10.7. The molecule has 0 amide bonds. The number of thiophene rings is 1. The molecule has 1 N–H and O–H groups in total. The molecule has 1 aliphatic rings. The molecule has 6 nitrogen and oxygen atoms in total. The molecule has 26 heavy (non-hydrogen) atoms. The van der Waals surface area contributed by atoms with Crippen LogP contribution in [0.15, 0.2) is 51.2 Å². The van der Waals surface area contributed by atoms with Gasteiger partial charge in [-0.3, -0.25) is 4.72 Å². The van der Waals surface area contributed by atoms with Gasteiger partial charge in [-0.2, -0.15) is 0 Å². The van der Waals surface area contributed by atoms with Crippen molar-refractivity contribution in [2.75, 3.05) is 11.3 Å². The van der Waals surface area contributed by atoms with Crippen molar-refractivity contribution in [1.29, 1.82) is 0 Å². The van der Waals surface area contributed by atoms with Crippen LogP contribution >= 0.6 is 11.3 Å². The third-order valence-electron chi connectivity index (χ3n) is 3.97. The molecule has 0 aliphatic heterocycles. The molecule has 136 valence electrons. The standard InChI is InChI=1S/C18H18N2O4S2/c1-2-23-14-6-4-3-5-13(14)20-26(21,22)17-10-9-16(25-17)15-11-19-18(24-15)12-7-8-12/h3-6,9-12,20H,2,7-8H2,1H3. The molecule has 0 spiro atoms. The first-order valence-electron chi connectivity index (χ1n) is 8.37. The van der Waals surface area contributed by atoms with Crippen molar-refractivity contribution >= 4 is 27.0 Å². The predicted molar refractivity (Wildman–Crippen MR) is 100 cm³/mol. The summed E-state index contributed by atoms with van der Waals surface area (Å²) >= 11 is 1.15. The van der Waals surface area contributed by atoms with E-state index in [2.05, 4.69) is 9.71 Å². The van der Waals surface area contributed by atoms with Crippen molar-refractivity contribution in [2.24, 2.45) is 0 Å². The van der Waals surface area contributed by atoms with Crippen LogP contribution in [0.5, 0.6) is 5.75 Å². The number of aromatic nitrogens is 1. The number of nitrogens with zero attached hydrogens (tertiary/aromatic N) is 1. The molecule has 1 saturated carbocycles. The normalized spacial score (nSPS) is 14.3. The zero-order valence-electron chi connectivity index (χ0n) is 14.1. The number of oxazole rings is 1. The monoisotopic (exact) mass is 390 g/mol. The minimum absolute atomic E-state index is 0.211. The third-order valence-corrected chi connectivity index (χ3v) is 6.93. The fraction of sp³-hybridized carbons (Fsp3) is 0.278. The Morgan fingerprint density at radius 2 is 2.08 bits per heavy atom. The highest BCUT2D eigenvalue weighted by molar-refractivity contribution is 7.94. The maximum absolute atomic E-state index is 12.7. The van der Waals surface area contributed by atoms with Crippen LogP contribution < -0.4 is 9.46 Å². The minimum atomic E-state index is -3.71. The molecule has 1 fully saturated rings. The van der Waals surface area contributed by atoms with Crippen LogP contribution in [0.2, 0.25) is 0 Å². The molecule has 2 aromatic heterocycles. The molecule has 0 unspecified atom stereocenters. The second-order valence-corrected chi connectivity index (χ2v) is 8.98. The Balaban J connectivity index is 1.57. The zero-order chi connectivity index (χ0) is 18.1. The molecular weight excluding hydrogens is 372 g/mol. The first kappa shape index (κ1) is 17.1. The van der Waals surface area contributed by atoms with E-state index in [1.165, 1.54) is 0 Å². The fourth-order valence-electron chi connectivity index (χ4n) is 2.54. The van der Waals surface area contributed by atoms with E-state index in [4.69, 9.17) is 9.15 Å². The van der Waals surface area contributed by atoms with Gasteiger partial charge in [0.25, 0.3) is 10.0 Å². The van der Waals surface area contributed by atoms with Crippen LogP contribution in [0.3, 0.4) is 0 Å². The average molecular weight is 390 g/mol. The van der Waals surface area contributed by atoms with Crippen molar-refractivity contribution in [3.8, 4) is 16.4 Å². The Bertz CT molecular complexity index is 1020. The number of anilines is 1. The molecule has 0 bridgehead atoms. The Kier molecular flexibility index (Phi) is 4.46. The molecule has 4 rings (SSSR count). The maximum atomic E-state index is 12.7. The lowest BCUT2D eigenvalue weighted by Gasteiger charge is -2.11. The van der Waals surface area contributed by atoms with Crippen molar-refractivity contribution < 1.29 is 17.6 Å². The predicted octanol–water partition coefficient (Wildman–Crippen LogP) is 4.48. The summed E-state index contributed by atoms with van der Waals surface area (Å²) in [4.78, 5) is 5.02. The van der Waals surface area contributed by atoms with Gasteiger partial charge in [0.2, 0.25) is 0 Å². The van der Waals surface area contributed by atoms with Gasteiger partial charge in [-0.15, -0.1) is 11.3 Å². The SMILES string of the molecule is CCOc1ccccc1NS(=O)(=O)c1ccc(-c2cnc(C3CC3)o2)s1. The largest absolute Gasteiger partial charge is 0.492 e. The Hall–Kier alpha value is -2.32. The molecule has 0 radical (unpaired) electrons. The van der Waals surface area contributed by atoms with Gasteiger partial charge in [-0.05, 0) is 44.0 Å². The highest BCUT2D eigenvalue weighted by Crippen LogP contribution is 2.41. The molecule has 0 saturated heterocycles. The highest BCUT2D eigenvalue weighted by atomic mass is 32.2. The summed E-state index contributed by atoms with van der Waals surface area (Å²) in [6.45, 7) is 2.31. The second-order valence-electron chi connectivity index (χ2n) is 5.99. The van der Waals surface area contributed by atoms with Crippen LogP contribution in [-0.2, 0) is 10.0 Å². The summed E-state index contributed by atoms with van der Waals surface area (Å²) in [5, 5.41) is 0. The van der Waals surface area contributed by atoms with Crippen LogP contribution in [-0.4, -0.2) is 20.0 Å². The quantitative estimate of drug-likeness (QED) is 0.643. The molecule has 1 aliphatic carbocycles. The smallest absolute Gasteiger partial charge is 0.271 e. The Morgan fingerprint density at radius 1 is 1.27 bits per heavy atom. The molecule has 8 heteroatoms. The summed E-state index contributed by atoms with van der Waals surface area (Å²) in [6.07, 6.45) is 3.87. The van der Waals surface area contributed by atoms with Gasteiger partial charge in [-0.1, -0.05) is 12.1 Å². The molecule has 2 heterocycles. The van der Waals surface area contributed by atoms with E-state index in [1.54, 1.807) is 42.6 Å². The second kappa shape index (κ2) is 6.77. The van der Waals surface area contributed by atoms with Crippen LogP contribution in [0.1, 0.15) is 31.6 Å². The van der Waals surface area contributed by atoms with Crippen molar-refractivity contribution in [3.05, 3.63) is 48.5 Å². The zero-order valence-corrected chi connectivity index (χ0v) is 15.8. The topological polar surface area (TPSA) is 81.4 Å². The lowest BCUT2D eigenvalue weighted by molar-refractivity contribution is 0.342. The van der Waals surface area contributed by atoms with Crippen molar-refractivity contribution in [2.45, 2.75) is 29.9 Å². The van der Waals surface area contributed by atoms with E-state index in [9.17, 15) is 8.42 Å². The Morgan fingerprint density at radius 3 is 2.85 bits per heavy atom. The van der Waals surface area contributed by atoms with Crippen LogP contribution in [0, 0.1) is 0 Å². The number of hydrogen-bond acceptors (Lipinski definition) is 6. The van der Waals surface area contributed by atoms with E-state index in [-0.39, 0.29) is 4.21 Å². The van der Waals surface area contributed by atoms with Crippen LogP contribution in [0.25, 0.3) is 10.6 Å². The molecule has 1 aromatic carbocycles. The molecular formula is C18H18N2O4S2. The van der Waals surface area contributed by atoms with Crippen molar-refractivity contribution in [1.82, 2.24) is 4.98 Å². The summed E-state index contributed by atoms with van der Waals surface area (Å²) < 4.78 is 39.5.